The molecule has 0 saturated heterocycles. The molecular weight excluding hydrogens is 166 g/mol. The predicted octanol–water partition coefficient (Wildman–Crippen LogP) is -0.0466. The molecule has 1 atom stereocenters. The van der Waals surface area contributed by atoms with Gasteiger partial charge in [-0.25, -0.2) is 0 Å². The van der Waals surface area contributed by atoms with Gasteiger partial charge in [0, 0.05) is 19.7 Å². The fourth-order valence-electron chi connectivity index (χ4n) is 0.956. The average molecular weight is 177 g/mol. The molecule has 1 rings (SSSR count). The van der Waals surface area contributed by atoms with Gasteiger partial charge < -0.3 is 5.73 Å². The van der Waals surface area contributed by atoms with Gasteiger partial charge in [-0.3, -0.25) is 9.48 Å². The minimum Gasteiger partial charge on any atom is -0.320 e. The average Bonchev–Trinajstić information content (AvgIpc) is 2.51. The van der Waals surface area contributed by atoms with Gasteiger partial charge in [0.25, 0.3) is 0 Å². The highest BCUT2D eigenvalue weighted by Gasteiger charge is 2.16. The van der Waals surface area contributed by atoms with E-state index in [1.807, 2.05) is 0 Å². The number of Topliss-reactive ketones (excluding diaryl/α,β-unsaturated/α-hetero) is 1. The Labute approximate surface area is 76.7 Å². The second kappa shape index (κ2) is 3.87. The van der Waals surface area contributed by atoms with Crippen LogP contribution in [0.15, 0.2) is 12.3 Å². The van der Waals surface area contributed by atoms with Crippen LogP contribution >= 0.6 is 0 Å². The van der Waals surface area contributed by atoms with Crippen LogP contribution in [0, 0.1) is 12.3 Å². The summed E-state index contributed by atoms with van der Waals surface area (Å²) in [4.78, 5) is 11.5. The molecular formula is C9H11N3O. The third-order valence-electron chi connectivity index (χ3n) is 1.64. The molecule has 0 fully saturated rings. The van der Waals surface area contributed by atoms with Crippen molar-refractivity contribution in [3.8, 4) is 12.3 Å². The van der Waals surface area contributed by atoms with Crippen LogP contribution in [0.4, 0.5) is 0 Å². The van der Waals surface area contributed by atoms with Gasteiger partial charge in [0.15, 0.2) is 0 Å². The fourth-order valence-corrected chi connectivity index (χ4v) is 0.956. The highest BCUT2D eigenvalue weighted by atomic mass is 16.1. The Hall–Kier alpha value is -1.60. The first kappa shape index (κ1) is 9.49. The van der Waals surface area contributed by atoms with E-state index in [4.69, 9.17) is 12.2 Å². The van der Waals surface area contributed by atoms with E-state index in [0.717, 1.165) is 0 Å². The summed E-state index contributed by atoms with van der Waals surface area (Å²) in [5.41, 5.74) is 5.89. The standard InChI is InChI=1S/C9H11N3O/c1-3-4-7(10)9(13)8-5-6-12(2)11-8/h1,5-7H,4,10H2,2H3. The monoisotopic (exact) mass is 177 g/mol. The van der Waals surface area contributed by atoms with E-state index in [0.29, 0.717) is 5.69 Å². The molecule has 4 nitrogen and oxygen atoms in total. The zero-order valence-electron chi connectivity index (χ0n) is 7.40. The molecule has 1 heterocycles. The third-order valence-corrected chi connectivity index (χ3v) is 1.64. The molecule has 0 aliphatic heterocycles. The molecule has 0 aromatic carbocycles. The van der Waals surface area contributed by atoms with Crippen molar-refractivity contribution in [1.29, 1.82) is 0 Å². The van der Waals surface area contributed by atoms with Gasteiger partial charge >= 0.3 is 0 Å². The maximum atomic E-state index is 11.5. The number of hydrogen-bond acceptors (Lipinski definition) is 3. The zero-order valence-corrected chi connectivity index (χ0v) is 7.40. The maximum Gasteiger partial charge on any atom is 0.200 e. The van der Waals surface area contributed by atoms with Gasteiger partial charge in [-0.2, -0.15) is 5.10 Å². The second-order valence-electron chi connectivity index (χ2n) is 2.75. The van der Waals surface area contributed by atoms with Crippen molar-refractivity contribution in [2.75, 3.05) is 0 Å². The van der Waals surface area contributed by atoms with Gasteiger partial charge in [0.1, 0.15) is 5.69 Å². The molecule has 1 aromatic heterocycles. The summed E-state index contributed by atoms with van der Waals surface area (Å²) in [6.45, 7) is 0. The quantitative estimate of drug-likeness (QED) is 0.520. The first-order valence-electron chi connectivity index (χ1n) is 3.88. The van der Waals surface area contributed by atoms with E-state index < -0.39 is 6.04 Å². The number of ketones is 1. The van der Waals surface area contributed by atoms with Crippen molar-refractivity contribution in [3.63, 3.8) is 0 Å². The van der Waals surface area contributed by atoms with E-state index >= 15 is 0 Å². The lowest BCUT2D eigenvalue weighted by Gasteiger charge is -2.02. The number of nitrogens with two attached hydrogens (primary N) is 1. The number of carbonyl (C=O) groups is 1. The minimum atomic E-state index is -0.639. The Bertz CT molecular complexity index is 348. The van der Waals surface area contributed by atoms with Gasteiger partial charge in [0.05, 0.1) is 6.04 Å². The van der Waals surface area contributed by atoms with Gasteiger partial charge in [-0.05, 0) is 6.07 Å². The molecule has 4 heteroatoms. The highest BCUT2D eigenvalue weighted by Crippen LogP contribution is 2.00. The first-order chi connectivity index (χ1) is 6.15. The molecule has 1 aromatic rings. The fraction of sp³-hybridized carbons (Fsp3) is 0.333. The van der Waals surface area contributed by atoms with Crippen molar-refractivity contribution in [1.82, 2.24) is 9.78 Å². The summed E-state index contributed by atoms with van der Waals surface area (Å²) in [7, 11) is 1.74. The summed E-state index contributed by atoms with van der Waals surface area (Å²) in [6.07, 6.45) is 6.98. The summed E-state index contributed by atoms with van der Waals surface area (Å²) >= 11 is 0. The van der Waals surface area contributed by atoms with Crippen molar-refractivity contribution in [3.05, 3.63) is 18.0 Å². The van der Waals surface area contributed by atoms with E-state index in [-0.39, 0.29) is 12.2 Å². The van der Waals surface area contributed by atoms with Gasteiger partial charge in [-0.1, -0.05) is 0 Å². The van der Waals surface area contributed by atoms with Crippen LogP contribution < -0.4 is 5.73 Å². The van der Waals surface area contributed by atoms with Crippen molar-refractivity contribution >= 4 is 5.78 Å². The van der Waals surface area contributed by atoms with Crippen LogP contribution in [0.2, 0.25) is 0 Å². The molecule has 0 spiro atoms. The largest absolute Gasteiger partial charge is 0.320 e. The smallest absolute Gasteiger partial charge is 0.200 e. The number of carbonyl (C=O) groups excluding carboxylic acids is 1. The van der Waals surface area contributed by atoms with Crippen molar-refractivity contribution in [2.45, 2.75) is 12.5 Å². The van der Waals surface area contributed by atoms with Crippen LogP contribution in [0.25, 0.3) is 0 Å². The van der Waals surface area contributed by atoms with Crippen LogP contribution in [0.3, 0.4) is 0 Å². The number of aromatic nitrogens is 2. The van der Waals surface area contributed by atoms with Gasteiger partial charge in [-0.15, -0.1) is 12.3 Å². The van der Waals surface area contributed by atoms with Crippen LogP contribution in [0.1, 0.15) is 16.9 Å². The number of nitrogens with zero attached hydrogens (tertiary/aromatic N) is 2. The first-order valence-corrected chi connectivity index (χ1v) is 3.88. The van der Waals surface area contributed by atoms with E-state index in [9.17, 15) is 4.79 Å². The SMILES string of the molecule is C#CCC(N)C(=O)c1ccn(C)n1. The number of rotatable bonds is 3. The zero-order chi connectivity index (χ0) is 9.84. The lowest BCUT2D eigenvalue weighted by molar-refractivity contribution is 0.0957. The normalized spacial score (nSPS) is 12.1. The minimum absolute atomic E-state index is 0.210. The van der Waals surface area contributed by atoms with Crippen LogP contribution in [-0.2, 0) is 7.05 Å². The maximum absolute atomic E-state index is 11.5. The van der Waals surface area contributed by atoms with Crippen molar-refractivity contribution in [2.24, 2.45) is 12.8 Å². The summed E-state index contributed by atoms with van der Waals surface area (Å²) < 4.78 is 1.55. The highest BCUT2D eigenvalue weighted by molar-refractivity contribution is 5.98. The Balaban J connectivity index is 2.74. The van der Waals surface area contributed by atoms with Crippen LogP contribution in [0.5, 0.6) is 0 Å². The Kier molecular flexibility index (Phi) is 2.83. The number of hydrogen-bond donors (Lipinski definition) is 1. The number of aryl methyl sites for hydroxylation is 1. The third kappa shape index (κ3) is 2.17. The van der Waals surface area contributed by atoms with E-state index in [1.54, 1.807) is 24.0 Å². The molecule has 0 bridgehead atoms. The van der Waals surface area contributed by atoms with Crippen molar-refractivity contribution < 1.29 is 4.79 Å². The Morgan fingerprint density at radius 3 is 3.08 bits per heavy atom. The second-order valence-corrected chi connectivity index (χ2v) is 2.75. The Morgan fingerprint density at radius 2 is 2.62 bits per heavy atom. The van der Waals surface area contributed by atoms with Crippen LogP contribution in [-0.4, -0.2) is 21.6 Å². The molecule has 1 unspecified atom stereocenters. The summed E-state index contributed by atoms with van der Waals surface area (Å²) in [6, 6.07) is 0.985. The molecule has 0 radical (unpaired) electrons. The molecule has 0 amide bonds. The lowest BCUT2D eigenvalue weighted by atomic mass is 10.1. The lowest BCUT2D eigenvalue weighted by Crippen LogP contribution is -2.30. The predicted molar refractivity (Wildman–Crippen MR) is 49.0 cm³/mol. The van der Waals surface area contributed by atoms with E-state index in [1.165, 1.54) is 0 Å². The topological polar surface area (TPSA) is 60.9 Å². The number of terminal acetylenes is 1. The van der Waals surface area contributed by atoms with E-state index in [2.05, 4.69) is 11.0 Å². The molecule has 0 saturated carbocycles. The Morgan fingerprint density at radius 1 is 1.92 bits per heavy atom. The molecule has 0 aliphatic rings. The molecule has 13 heavy (non-hydrogen) atoms. The summed E-state index contributed by atoms with van der Waals surface area (Å²) in [5, 5.41) is 3.93. The summed E-state index contributed by atoms with van der Waals surface area (Å²) in [5.74, 6) is 2.13. The molecule has 0 aliphatic carbocycles. The van der Waals surface area contributed by atoms with Gasteiger partial charge in [0.2, 0.25) is 5.78 Å². The molecule has 2 N–H and O–H groups in total. The molecule has 68 valence electrons.